The first kappa shape index (κ1) is 9.05. The van der Waals surface area contributed by atoms with E-state index < -0.39 is 0 Å². The van der Waals surface area contributed by atoms with E-state index in [9.17, 15) is 0 Å². The number of hydrogen-bond acceptors (Lipinski definition) is 1. The van der Waals surface area contributed by atoms with Gasteiger partial charge in [0, 0.05) is 8.03 Å². The highest BCUT2D eigenvalue weighted by atomic mass is 16.5. The highest BCUT2D eigenvalue weighted by molar-refractivity contribution is 4.65. The molecule has 1 saturated heterocycles. The van der Waals surface area contributed by atoms with Gasteiger partial charge in [-0.2, -0.15) is 0 Å². The van der Waals surface area contributed by atoms with Gasteiger partial charge in [0.1, 0.15) is 0 Å². The van der Waals surface area contributed by atoms with E-state index in [0.717, 1.165) is 12.5 Å². The Morgan fingerprint density at radius 2 is 2.45 bits per heavy atom. The van der Waals surface area contributed by atoms with Crippen molar-refractivity contribution in [3.63, 3.8) is 0 Å². The molecule has 1 nitrogen and oxygen atoms in total. The van der Waals surface area contributed by atoms with Crippen molar-refractivity contribution in [1.82, 2.24) is 0 Å². The van der Waals surface area contributed by atoms with Crippen LogP contribution in [0.15, 0.2) is 0 Å². The predicted molar refractivity (Wildman–Crippen MR) is 49.8 cm³/mol. The van der Waals surface area contributed by atoms with Crippen LogP contribution in [0.1, 0.15) is 47.4 Å². The molecule has 1 heterocycles. The Labute approximate surface area is 71.6 Å². The van der Waals surface area contributed by atoms with Crippen LogP contribution in [-0.2, 0) is 4.74 Å². The summed E-state index contributed by atoms with van der Waals surface area (Å²) < 4.78 is 5.55. The maximum Gasteiger partial charge on any atom is 0.0576 e. The Morgan fingerprint density at radius 3 is 3.00 bits per heavy atom. The molecule has 1 aliphatic heterocycles. The minimum atomic E-state index is 0. The fraction of sp³-hybridized carbons (Fsp3) is 1.00. The van der Waals surface area contributed by atoms with Gasteiger partial charge in [0.05, 0.1) is 6.10 Å². The zero-order chi connectivity index (χ0) is 8.10. The number of ether oxygens (including phenoxy) is 1. The first-order valence-corrected chi connectivity index (χ1v) is 4.94. The standard InChI is InChI=1S/C10H20O.H2/c1-3-9(2)6-7-10-5-4-8-11-10;/h9-10H,3-8H2,1-2H3;1H. The van der Waals surface area contributed by atoms with E-state index in [-0.39, 0.29) is 1.43 Å². The lowest BCUT2D eigenvalue weighted by atomic mass is 10.00. The van der Waals surface area contributed by atoms with Crippen LogP contribution in [0.5, 0.6) is 0 Å². The van der Waals surface area contributed by atoms with E-state index in [1.54, 1.807) is 0 Å². The summed E-state index contributed by atoms with van der Waals surface area (Å²) in [4.78, 5) is 0. The quantitative estimate of drug-likeness (QED) is 0.610. The van der Waals surface area contributed by atoms with Crippen LogP contribution < -0.4 is 0 Å². The van der Waals surface area contributed by atoms with Gasteiger partial charge >= 0.3 is 0 Å². The highest BCUT2D eigenvalue weighted by Gasteiger charge is 2.15. The van der Waals surface area contributed by atoms with Crippen molar-refractivity contribution >= 4 is 0 Å². The van der Waals surface area contributed by atoms with E-state index in [1.807, 2.05) is 0 Å². The second kappa shape index (κ2) is 4.76. The van der Waals surface area contributed by atoms with Crippen LogP contribution in [0.4, 0.5) is 0 Å². The number of hydrogen-bond donors (Lipinski definition) is 0. The molecule has 0 aliphatic carbocycles. The molecule has 0 bridgehead atoms. The molecule has 0 radical (unpaired) electrons. The Kier molecular flexibility index (Phi) is 3.92. The van der Waals surface area contributed by atoms with Crippen LogP contribution in [0.2, 0.25) is 0 Å². The largest absolute Gasteiger partial charge is 0.378 e. The van der Waals surface area contributed by atoms with Gasteiger partial charge in [-0.3, -0.25) is 0 Å². The van der Waals surface area contributed by atoms with E-state index >= 15 is 0 Å². The smallest absolute Gasteiger partial charge is 0.0576 e. The molecule has 0 aromatic carbocycles. The van der Waals surface area contributed by atoms with Crippen molar-refractivity contribution in [2.75, 3.05) is 6.61 Å². The monoisotopic (exact) mass is 158 g/mol. The van der Waals surface area contributed by atoms with Crippen molar-refractivity contribution in [3.8, 4) is 0 Å². The third kappa shape index (κ3) is 3.24. The lowest BCUT2D eigenvalue weighted by molar-refractivity contribution is 0.0986. The van der Waals surface area contributed by atoms with Gasteiger partial charge in [-0.25, -0.2) is 0 Å². The van der Waals surface area contributed by atoms with Crippen molar-refractivity contribution in [3.05, 3.63) is 0 Å². The maximum atomic E-state index is 5.55. The second-order valence-electron chi connectivity index (χ2n) is 3.73. The Bertz CT molecular complexity index is 100. The SMILES string of the molecule is CCC(C)CCC1CCCO1.[HH]. The molecular weight excluding hydrogens is 136 g/mol. The topological polar surface area (TPSA) is 9.23 Å². The summed E-state index contributed by atoms with van der Waals surface area (Å²) in [5.41, 5.74) is 0. The van der Waals surface area contributed by atoms with Crippen molar-refractivity contribution < 1.29 is 6.16 Å². The Morgan fingerprint density at radius 1 is 1.64 bits per heavy atom. The van der Waals surface area contributed by atoms with Gasteiger partial charge in [0.15, 0.2) is 0 Å². The van der Waals surface area contributed by atoms with E-state index in [0.29, 0.717) is 6.10 Å². The summed E-state index contributed by atoms with van der Waals surface area (Å²) >= 11 is 0. The van der Waals surface area contributed by atoms with E-state index in [4.69, 9.17) is 4.74 Å². The first-order valence-electron chi connectivity index (χ1n) is 4.94. The molecule has 0 N–H and O–H groups in total. The van der Waals surface area contributed by atoms with Crippen LogP contribution in [0.3, 0.4) is 0 Å². The van der Waals surface area contributed by atoms with Crippen LogP contribution in [0.25, 0.3) is 0 Å². The molecule has 0 aromatic rings. The molecule has 0 spiro atoms. The van der Waals surface area contributed by atoms with Gasteiger partial charge in [-0.05, 0) is 31.6 Å². The predicted octanol–water partition coefficient (Wildman–Crippen LogP) is 3.24. The number of rotatable bonds is 4. The molecule has 1 fully saturated rings. The third-order valence-corrected chi connectivity index (χ3v) is 2.70. The summed E-state index contributed by atoms with van der Waals surface area (Å²) in [6.45, 7) is 5.60. The normalized spacial score (nSPS) is 27.3. The zero-order valence-corrected chi connectivity index (χ0v) is 7.81. The lowest BCUT2D eigenvalue weighted by Gasteiger charge is -2.12. The summed E-state index contributed by atoms with van der Waals surface area (Å²) in [5.74, 6) is 0.888. The van der Waals surface area contributed by atoms with Crippen LogP contribution in [0, 0.1) is 5.92 Å². The minimum Gasteiger partial charge on any atom is -0.378 e. The molecule has 0 amide bonds. The second-order valence-corrected chi connectivity index (χ2v) is 3.73. The zero-order valence-electron chi connectivity index (χ0n) is 7.81. The molecule has 1 aliphatic rings. The van der Waals surface area contributed by atoms with Crippen molar-refractivity contribution in [2.45, 2.75) is 52.1 Å². The average molecular weight is 158 g/mol. The first-order chi connectivity index (χ1) is 5.33. The van der Waals surface area contributed by atoms with Crippen molar-refractivity contribution in [2.24, 2.45) is 5.92 Å². The highest BCUT2D eigenvalue weighted by Crippen LogP contribution is 2.20. The lowest BCUT2D eigenvalue weighted by Crippen LogP contribution is -2.06. The van der Waals surface area contributed by atoms with E-state index in [2.05, 4.69) is 13.8 Å². The molecule has 11 heavy (non-hydrogen) atoms. The Balaban J connectivity index is 0.00000121. The summed E-state index contributed by atoms with van der Waals surface area (Å²) in [6, 6.07) is 0. The van der Waals surface area contributed by atoms with Crippen LogP contribution >= 0.6 is 0 Å². The molecule has 68 valence electrons. The van der Waals surface area contributed by atoms with Crippen LogP contribution in [-0.4, -0.2) is 12.7 Å². The van der Waals surface area contributed by atoms with Gasteiger partial charge < -0.3 is 4.74 Å². The molecule has 1 heteroatoms. The fourth-order valence-corrected chi connectivity index (χ4v) is 1.55. The third-order valence-electron chi connectivity index (χ3n) is 2.70. The average Bonchev–Trinajstić information content (AvgIpc) is 2.52. The summed E-state index contributed by atoms with van der Waals surface area (Å²) in [5, 5.41) is 0. The van der Waals surface area contributed by atoms with Gasteiger partial charge in [0.2, 0.25) is 0 Å². The van der Waals surface area contributed by atoms with Gasteiger partial charge in [-0.1, -0.05) is 20.3 Å². The van der Waals surface area contributed by atoms with Gasteiger partial charge in [0.25, 0.3) is 0 Å². The molecule has 0 saturated carbocycles. The Hall–Kier alpha value is -0.0400. The molecule has 1 rings (SSSR count). The summed E-state index contributed by atoms with van der Waals surface area (Å²) in [7, 11) is 0. The molecule has 2 atom stereocenters. The minimum absolute atomic E-state index is 0. The molecule has 0 aromatic heterocycles. The fourth-order valence-electron chi connectivity index (χ4n) is 1.55. The summed E-state index contributed by atoms with van der Waals surface area (Å²) in [6.07, 6.45) is 7.13. The van der Waals surface area contributed by atoms with Gasteiger partial charge in [-0.15, -0.1) is 0 Å². The van der Waals surface area contributed by atoms with Crippen molar-refractivity contribution in [1.29, 1.82) is 0 Å². The molecule has 2 unspecified atom stereocenters. The molecular formula is C10H22O. The van der Waals surface area contributed by atoms with E-state index in [1.165, 1.54) is 32.1 Å². The maximum absolute atomic E-state index is 5.55.